The summed E-state index contributed by atoms with van der Waals surface area (Å²) >= 11 is 0. The predicted octanol–water partition coefficient (Wildman–Crippen LogP) is 3.66. The molecule has 0 radical (unpaired) electrons. The average molecular weight is 329 g/mol. The maximum atomic E-state index is 12.4. The maximum Gasteiger partial charge on any atom is 0.323 e. The third-order valence-corrected chi connectivity index (χ3v) is 4.35. The molecule has 0 saturated heterocycles. The molecule has 1 unspecified atom stereocenters. The predicted molar refractivity (Wildman–Crippen MR) is 97.5 cm³/mol. The second-order valence-electron chi connectivity index (χ2n) is 5.74. The fraction of sp³-hybridized carbons (Fsp3) is 0.450. The smallest absolute Gasteiger partial charge is 0.323 e. The minimum Gasteiger partial charge on any atom is -0.497 e. The van der Waals surface area contributed by atoms with Crippen LogP contribution < -0.4 is 4.74 Å². The Hall–Kier alpha value is -2.07. The van der Waals surface area contributed by atoms with Gasteiger partial charge in [0.1, 0.15) is 11.8 Å². The Kier molecular flexibility index (Phi) is 6.62. The van der Waals surface area contributed by atoms with Crippen LogP contribution in [0.5, 0.6) is 5.75 Å². The van der Waals surface area contributed by atoms with E-state index in [4.69, 9.17) is 9.47 Å². The molecular formula is C20H27NO3. The van der Waals surface area contributed by atoms with Crippen LogP contribution in [0.4, 0.5) is 0 Å². The largest absolute Gasteiger partial charge is 0.497 e. The highest BCUT2D eigenvalue weighted by Crippen LogP contribution is 2.23. The van der Waals surface area contributed by atoms with Crippen LogP contribution in [0.1, 0.15) is 26.3 Å². The summed E-state index contributed by atoms with van der Waals surface area (Å²) < 4.78 is 10.5. The van der Waals surface area contributed by atoms with Gasteiger partial charge in [-0.05, 0) is 54.9 Å². The lowest BCUT2D eigenvalue weighted by molar-refractivity contribution is -0.149. The van der Waals surface area contributed by atoms with Crippen LogP contribution in [0, 0.1) is 0 Å². The van der Waals surface area contributed by atoms with E-state index in [2.05, 4.69) is 43.0 Å². The van der Waals surface area contributed by atoms with Crippen molar-refractivity contribution < 1.29 is 14.3 Å². The summed E-state index contributed by atoms with van der Waals surface area (Å²) in [5, 5.41) is 2.28. The Labute approximate surface area is 144 Å². The summed E-state index contributed by atoms with van der Waals surface area (Å²) in [6.45, 7) is 8.05. The number of ether oxygens (including phenoxy) is 2. The van der Waals surface area contributed by atoms with Crippen molar-refractivity contribution in [3.63, 3.8) is 0 Å². The summed E-state index contributed by atoms with van der Waals surface area (Å²) in [5.41, 5.74) is 1.14. The molecular weight excluding hydrogens is 302 g/mol. The Morgan fingerprint density at radius 2 is 1.71 bits per heavy atom. The van der Waals surface area contributed by atoms with Crippen molar-refractivity contribution in [3.05, 3.63) is 42.0 Å². The Morgan fingerprint density at radius 1 is 1.04 bits per heavy atom. The van der Waals surface area contributed by atoms with Gasteiger partial charge in [-0.15, -0.1) is 0 Å². The van der Waals surface area contributed by atoms with Crippen LogP contribution >= 0.6 is 0 Å². The molecule has 0 N–H and O–H groups in total. The molecule has 0 amide bonds. The molecule has 4 heteroatoms. The fourth-order valence-corrected chi connectivity index (χ4v) is 3.01. The summed E-state index contributed by atoms with van der Waals surface area (Å²) in [6, 6.07) is 12.1. The zero-order valence-corrected chi connectivity index (χ0v) is 15.0. The number of carbonyl (C=O) groups excluding carboxylic acids is 1. The topological polar surface area (TPSA) is 38.8 Å². The van der Waals surface area contributed by atoms with Crippen LogP contribution in [0.2, 0.25) is 0 Å². The van der Waals surface area contributed by atoms with Crippen LogP contribution in [-0.4, -0.2) is 43.7 Å². The van der Waals surface area contributed by atoms with Gasteiger partial charge in [-0.1, -0.05) is 38.1 Å². The summed E-state index contributed by atoms with van der Waals surface area (Å²) in [4.78, 5) is 14.5. The summed E-state index contributed by atoms with van der Waals surface area (Å²) in [5.74, 6) is 0.707. The minimum absolute atomic E-state index is 0.143. The van der Waals surface area contributed by atoms with E-state index in [0.29, 0.717) is 13.0 Å². The van der Waals surface area contributed by atoms with Crippen LogP contribution in [0.3, 0.4) is 0 Å². The number of benzene rings is 2. The summed E-state index contributed by atoms with van der Waals surface area (Å²) in [6.07, 6.45) is 0.655. The molecule has 0 aliphatic rings. The molecule has 2 aromatic rings. The van der Waals surface area contributed by atoms with E-state index in [1.165, 1.54) is 0 Å². The van der Waals surface area contributed by atoms with Gasteiger partial charge in [-0.2, -0.15) is 0 Å². The van der Waals surface area contributed by atoms with E-state index < -0.39 is 0 Å². The van der Waals surface area contributed by atoms with E-state index in [1.807, 2.05) is 19.1 Å². The molecule has 4 nitrogen and oxygen atoms in total. The van der Waals surface area contributed by atoms with E-state index >= 15 is 0 Å². The molecule has 0 aromatic heterocycles. The quantitative estimate of drug-likeness (QED) is 0.693. The van der Waals surface area contributed by atoms with Crippen LogP contribution in [0.25, 0.3) is 10.8 Å². The molecule has 0 fully saturated rings. The number of esters is 1. The Morgan fingerprint density at radius 3 is 2.33 bits per heavy atom. The van der Waals surface area contributed by atoms with Crippen molar-refractivity contribution >= 4 is 16.7 Å². The number of rotatable bonds is 8. The van der Waals surface area contributed by atoms with Gasteiger partial charge in [0, 0.05) is 0 Å². The third-order valence-electron chi connectivity index (χ3n) is 4.35. The Balaban J connectivity index is 2.27. The van der Waals surface area contributed by atoms with Gasteiger partial charge in [-0.3, -0.25) is 9.69 Å². The van der Waals surface area contributed by atoms with Gasteiger partial charge in [0.15, 0.2) is 0 Å². The number of nitrogens with zero attached hydrogens (tertiary/aromatic N) is 1. The third kappa shape index (κ3) is 4.26. The van der Waals surface area contributed by atoms with E-state index in [0.717, 1.165) is 35.2 Å². The van der Waals surface area contributed by atoms with Crippen molar-refractivity contribution in [2.24, 2.45) is 0 Å². The number of hydrogen-bond acceptors (Lipinski definition) is 4. The van der Waals surface area contributed by atoms with Gasteiger partial charge in [0.05, 0.1) is 13.7 Å². The molecule has 0 bridgehead atoms. The number of likely N-dealkylation sites (N-methyl/N-ethyl adjacent to an activating group) is 1. The van der Waals surface area contributed by atoms with Crippen molar-refractivity contribution in [2.45, 2.75) is 33.2 Å². The summed E-state index contributed by atoms with van der Waals surface area (Å²) in [7, 11) is 1.67. The normalized spacial score (nSPS) is 12.4. The van der Waals surface area contributed by atoms with Crippen molar-refractivity contribution in [3.8, 4) is 5.75 Å². The number of fused-ring (bicyclic) bond motifs is 1. The molecule has 2 aromatic carbocycles. The molecule has 24 heavy (non-hydrogen) atoms. The van der Waals surface area contributed by atoms with Gasteiger partial charge in [0.25, 0.3) is 0 Å². The van der Waals surface area contributed by atoms with Gasteiger partial charge < -0.3 is 9.47 Å². The van der Waals surface area contributed by atoms with Crippen LogP contribution in [-0.2, 0) is 16.0 Å². The molecule has 0 saturated carbocycles. The molecule has 0 aliphatic heterocycles. The first-order chi connectivity index (χ1) is 11.6. The van der Waals surface area contributed by atoms with E-state index in [-0.39, 0.29) is 12.0 Å². The molecule has 0 spiro atoms. The van der Waals surface area contributed by atoms with E-state index in [1.54, 1.807) is 7.11 Å². The van der Waals surface area contributed by atoms with Crippen molar-refractivity contribution in [1.29, 1.82) is 0 Å². The second kappa shape index (κ2) is 8.69. The van der Waals surface area contributed by atoms with E-state index in [9.17, 15) is 4.79 Å². The first-order valence-electron chi connectivity index (χ1n) is 8.60. The second-order valence-corrected chi connectivity index (χ2v) is 5.74. The first kappa shape index (κ1) is 18.3. The fourth-order valence-electron chi connectivity index (χ4n) is 3.01. The SMILES string of the molecule is CCOC(=O)C(Cc1ccc2cc(OC)ccc2c1)N(CC)CC. The molecule has 0 heterocycles. The highest BCUT2D eigenvalue weighted by Gasteiger charge is 2.25. The number of carbonyl (C=O) groups is 1. The molecule has 1 atom stereocenters. The molecule has 0 aliphatic carbocycles. The zero-order valence-electron chi connectivity index (χ0n) is 15.0. The molecule has 2 rings (SSSR count). The highest BCUT2D eigenvalue weighted by molar-refractivity contribution is 5.85. The lowest BCUT2D eigenvalue weighted by atomic mass is 10.0. The minimum atomic E-state index is -0.240. The molecule has 130 valence electrons. The van der Waals surface area contributed by atoms with Gasteiger partial charge in [0.2, 0.25) is 0 Å². The van der Waals surface area contributed by atoms with Gasteiger partial charge >= 0.3 is 5.97 Å². The average Bonchev–Trinajstić information content (AvgIpc) is 2.61. The highest BCUT2D eigenvalue weighted by atomic mass is 16.5. The standard InChI is InChI=1S/C20H27NO3/c1-5-21(6-2)19(20(22)24-7-3)13-15-8-9-17-14-18(23-4)11-10-16(17)12-15/h8-12,14,19H,5-7,13H2,1-4H3. The maximum absolute atomic E-state index is 12.4. The van der Waals surface area contributed by atoms with Crippen molar-refractivity contribution in [2.75, 3.05) is 26.8 Å². The Bertz CT molecular complexity index is 680. The van der Waals surface area contributed by atoms with Crippen molar-refractivity contribution in [1.82, 2.24) is 4.90 Å². The van der Waals surface area contributed by atoms with Crippen LogP contribution in [0.15, 0.2) is 36.4 Å². The lowest BCUT2D eigenvalue weighted by Gasteiger charge is -2.28. The van der Waals surface area contributed by atoms with Gasteiger partial charge in [-0.25, -0.2) is 0 Å². The first-order valence-corrected chi connectivity index (χ1v) is 8.60. The number of hydrogen-bond donors (Lipinski definition) is 0. The number of methoxy groups -OCH3 is 1. The lowest BCUT2D eigenvalue weighted by Crippen LogP contribution is -2.43. The monoisotopic (exact) mass is 329 g/mol. The zero-order chi connectivity index (χ0) is 17.5.